The molecule has 1 rings (SSSR count). The molecule has 0 saturated carbocycles. The number of amides is 1. The Hall–Kier alpha value is -0.650. The zero-order valence-corrected chi connectivity index (χ0v) is 14.1. The van der Waals surface area contributed by atoms with Gasteiger partial charge in [-0.2, -0.15) is 0 Å². The van der Waals surface area contributed by atoms with Gasteiger partial charge in [0.05, 0.1) is 6.54 Å². The molecule has 1 aliphatic heterocycles. The van der Waals surface area contributed by atoms with Crippen LogP contribution in [0.1, 0.15) is 40.0 Å². The number of carbonyl (C=O) groups is 1. The molecule has 124 valence electrons. The van der Waals surface area contributed by atoms with E-state index >= 15 is 0 Å². The summed E-state index contributed by atoms with van der Waals surface area (Å²) in [6.45, 7) is 13.0. The number of nitrogens with zero attached hydrogens (tertiary/aromatic N) is 2. The molecule has 0 bridgehead atoms. The Morgan fingerprint density at radius 1 is 1.10 bits per heavy atom. The van der Waals surface area contributed by atoms with Crippen molar-refractivity contribution in [3.8, 4) is 0 Å². The second-order valence-corrected chi connectivity index (χ2v) is 6.57. The van der Waals surface area contributed by atoms with Crippen molar-refractivity contribution in [2.75, 3.05) is 45.8 Å². The van der Waals surface area contributed by atoms with E-state index in [0.29, 0.717) is 12.5 Å². The molecule has 0 aliphatic carbocycles. The quantitative estimate of drug-likeness (QED) is 0.654. The van der Waals surface area contributed by atoms with Gasteiger partial charge in [0, 0.05) is 19.1 Å². The van der Waals surface area contributed by atoms with E-state index in [1.165, 1.54) is 6.42 Å². The van der Waals surface area contributed by atoms with Crippen LogP contribution in [-0.4, -0.2) is 67.6 Å². The molecule has 21 heavy (non-hydrogen) atoms. The van der Waals surface area contributed by atoms with Crippen LogP contribution in [0.5, 0.6) is 0 Å². The third kappa shape index (κ3) is 7.79. The smallest absolute Gasteiger partial charge is 0.234 e. The van der Waals surface area contributed by atoms with Crippen LogP contribution in [0, 0.1) is 5.92 Å². The molecule has 0 spiro atoms. The molecule has 3 N–H and O–H groups in total. The van der Waals surface area contributed by atoms with E-state index < -0.39 is 0 Å². The minimum Gasteiger partial charge on any atom is -0.352 e. The molecule has 1 aliphatic rings. The highest BCUT2D eigenvalue weighted by molar-refractivity contribution is 5.78. The first-order valence-electron chi connectivity index (χ1n) is 8.47. The first-order valence-corrected chi connectivity index (χ1v) is 8.47. The predicted octanol–water partition coefficient (Wildman–Crippen LogP) is 0.894. The maximum Gasteiger partial charge on any atom is 0.234 e. The number of nitrogens with two attached hydrogens (primary N) is 1. The standard InChI is InChI=1S/C16H34N4O/c1-14(2)15(3)18-16(21)13-20-10-6-9-19(11-12-20)8-5-4-7-17/h14-15H,4-13,17H2,1-3H3,(H,18,21). The van der Waals surface area contributed by atoms with Gasteiger partial charge in [-0.15, -0.1) is 0 Å². The van der Waals surface area contributed by atoms with Crippen molar-refractivity contribution in [2.45, 2.75) is 46.1 Å². The molecule has 1 fully saturated rings. The van der Waals surface area contributed by atoms with Gasteiger partial charge in [0.2, 0.25) is 5.91 Å². The van der Waals surface area contributed by atoms with Crippen LogP contribution in [0.15, 0.2) is 0 Å². The highest BCUT2D eigenvalue weighted by atomic mass is 16.2. The van der Waals surface area contributed by atoms with Crippen LogP contribution < -0.4 is 11.1 Å². The van der Waals surface area contributed by atoms with Gasteiger partial charge in [-0.3, -0.25) is 9.69 Å². The number of hydrogen-bond donors (Lipinski definition) is 2. The molecule has 0 aromatic rings. The van der Waals surface area contributed by atoms with Gasteiger partial charge in [0.1, 0.15) is 0 Å². The molecule has 1 amide bonds. The van der Waals surface area contributed by atoms with Crippen LogP contribution in [-0.2, 0) is 4.79 Å². The second-order valence-electron chi connectivity index (χ2n) is 6.57. The first kappa shape index (κ1) is 18.4. The highest BCUT2D eigenvalue weighted by Gasteiger charge is 2.18. The summed E-state index contributed by atoms with van der Waals surface area (Å²) in [6, 6.07) is 0.247. The average Bonchev–Trinajstić information content (AvgIpc) is 2.64. The zero-order valence-electron chi connectivity index (χ0n) is 14.1. The minimum atomic E-state index is 0.160. The number of unbranched alkanes of at least 4 members (excludes halogenated alkanes) is 1. The van der Waals surface area contributed by atoms with Crippen LogP contribution in [0.3, 0.4) is 0 Å². The molecule has 5 nitrogen and oxygen atoms in total. The first-order chi connectivity index (χ1) is 10.0. The molecular formula is C16H34N4O. The fraction of sp³-hybridized carbons (Fsp3) is 0.938. The lowest BCUT2D eigenvalue weighted by Crippen LogP contribution is -2.43. The monoisotopic (exact) mass is 298 g/mol. The Morgan fingerprint density at radius 2 is 1.76 bits per heavy atom. The van der Waals surface area contributed by atoms with E-state index in [-0.39, 0.29) is 11.9 Å². The van der Waals surface area contributed by atoms with Crippen LogP contribution in [0.2, 0.25) is 0 Å². The van der Waals surface area contributed by atoms with Gasteiger partial charge in [0.15, 0.2) is 0 Å². The number of rotatable bonds is 8. The van der Waals surface area contributed by atoms with E-state index in [1.54, 1.807) is 0 Å². The molecular weight excluding hydrogens is 264 g/mol. The number of carbonyl (C=O) groups excluding carboxylic acids is 1. The molecule has 1 unspecified atom stereocenters. The van der Waals surface area contributed by atoms with Crippen LogP contribution in [0.25, 0.3) is 0 Å². The molecule has 0 radical (unpaired) electrons. The van der Waals surface area contributed by atoms with Gasteiger partial charge >= 0.3 is 0 Å². The van der Waals surface area contributed by atoms with E-state index in [2.05, 4.69) is 35.9 Å². The van der Waals surface area contributed by atoms with Crippen molar-refractivity contribution >= 4 is 5.91 Å². The lowest BCUT2D eigenvalue weighted by molar-refractivity contribution is -0.123. The molecule has 1 heterocycles. The van der Waals surface area contributed by atoms with Crippen LogP contribution >= 0.6 is 0 Å². The molecule has 0 aromatic carbocycles. The maximum absolute atomic E-state index is 12.1. The maximum atomic E-state index is 12.1. The summed E-state index contributed by atoms with van der Waals surface area (Å²) >= 11 is 0. The second kappa shape index (κ2) is 10.1. The number of hydrogen-bond acceptors (Lipinski definition) is 4. The van der Waals surface area contributed by atoms with Crippen molar-refractivity contribution in [3.63, 3.8) is 0 Å². The molecule has 1 saturated heterocycles. The average molecular weight is 298 g/mol. The summed E-state index contributed by atoms with van der Waals surface area (Å²) in [5.74, 6) is 0.643. The third-order valence-electron chi connectivity index (χ3n) is 4.37. The van der Waals surface area contributed by atoms with Crippen molar-refractivity contribution in [2.24, 2.45) is 11.7 Å². The molecule has 5 heteroatoms. The minimum absolute atomic E-state index is 0.160. The predicted molar refractivity (Wildman–Crippen MR) is 88.2 cm³/mol. The Balaban J connectivity index is 2.26. The normalized spacial score (nSPS) is 19.5. The summed E-state index contributed by atoms with van der Waals surface area (Å²) < 4.78 is 0. The van der Waals surface area contributed by atoms with Crippen LogP contribution in [0.4, 0.5) is 0 Å². The lowest BCUT2D eigenvalue weighted by Gasteiger charge is -2.23. The van der Waals surface area contributed by atoms with E-state index in [4.69, 9.17) is 5.73 Å². The van der Waals surface area contributed by atoms with Gasteiger partial charge in [0.25, 0.3) is 0 Å². The summed E-state index contributed by atoms with van der Waals surface area (Å²) in [5.41, 5.74) is 5.54. The van der Waals surface area contributed by atoms with Gasteiger partial charge in [-0.05, 0) is 58.3 Å². The topological polar surface area (TPSA) is 61.6 Å². The molecule has 1 atom stereocenters. The lowest BCUT2D eigenvalue weighted by atomic mass is 10.1. The fourth-order valence-corrected chi connectivity index (χ4v) is 2.56. The van der Waals surface area contributed by atoms with Crippen molar-refractivity contribution in [1.29, 1.82) is 0 Å². The highest BCUT2D eigenvalue weighted by Crippen LogP contribution is 2.05. The van der Waals surface area contributed by atoms with E-state index in [1.807, 2.05) is 0 Å². The van der Waals surface area contributed by atoms with Gasteiger partial charge in [-0.1, -0.05) is 13.8 Å². The summed E-state index contributed by atoms with van der Waals surface area (Å²) in [6.07, 6.45) is 3.44. The number of nitrogens with one attached hydrogen (secondary N) is 1. The largest absolute Gasteiger partial charge is 0.352 e. The molecule has 0 aromatic heterocycles. The summed E-state index contributed by atoms with van der Waals surface area (Å²) in [5, 5.41) is 3.09. The Morgan fingerprint density at radius 3 is 2.43 bits per heavy atom. The zero-order chi connectivity index (χ0) is 15.7. The van der Waals surface area contributed by atoms with Gasteiger partial charge < -0.3 is 16.0 Å². The van der Waals surface area contributed by atoms with Crippen molar-refractivity contribution in [3.05, 3.63) is 0 Å². The Kier molecular flexibility index (Phi) is 8.88. The third-order valence-corrected chi connectivity index (χ3v) is 4.37. The van der Waals surface area contributed by atoms with Crippen molar-refractivity contribution in [1.82, 2.24) is 15.1 Å². The van der Waals surface area contributed by atoms with E-state index in [0.717, 1.165) is 52.1 Å². The fourth-order valence-electron chi connectivity index (χ4n) is 2.56. The van der Waals surface area contributed by atoms with E-state index in [9.17, 15) is 4.79 Å². The summed E-state index contributed by atoms with van der Waals surface area (Å²) in [7, 11) is 0. The SMILES string of the molecule is CC(C)C(C)NC(=O)CN1CCCN(CCCCN)CC1. The van der Waals surface area contributed by atoms with Crippen molar-refractivity contribution < 1.29 is 4.79 Å². The van der Waals surface area contributed by atoms with Gasteiger partial charge in [-0.25, -0.2) is 0 Å². The Bertz CT molecular complexity index is 296. The Labute approximate surface area is 130 Å². The summed E-state index contributed by atoms with van der Waals surface area (Å²) in [4.78, 5) is 16.8.